The SMILES string of the molecule is CC(=O)N[C@H]1[C@@H](O[C@H]2[C@@H](O)[C@@H](CO)O[C@@H](O[C@H]3[C@H](O)[C@@H](CO)O[C@@H](O[C@H]4[C@@H](O)[C@@H](CO)O[C@@H](O[C@H]5[C@@H](O)[C@@H](CO[C@@H]6O[C@H](CO)[C@H](O)[C@H](O)[C@H]6O)OC(O)[C@@H]5NC(C)=O)[C@@H]4O)[C@@H]3NC(C)=O)[C@@H]2O[C@@H]2O[C@@H](C)[C@@H](O)[C@@H](O)[C@@H]2O)O[C@H](CO)[C@H](O)[C@@H]1O. The van der Waals surface area contributed by atoms with Gasteiger partial charge < -0.3 is 175 Å². The van der Waals surface area contributed by atoms with Gasteiger partial charge in [-0.25, -0.2) is 0 Å². The molecule has 0 aromatic heterocycles. The summed E-state index contributed by atoms with van der Waals surface area (Å²) in [6, 6.07) is -5.39. The first-order chi connectivity index (χ1) is 40.6. The van der Waals surface area contributed by atoms with Crippen LogP contribution in [0.4, 0.5) is 0 Å². The lowest BCUT2D eigenvalue weighted by atomic mass is 9.93. The van der Waals surface area contributed by atoms with E-state index in [2.05, 4.69) is 16.0 Å². The van der Waals surface area contributed by atoms with Gasteiger partial charge in [0.1, 0.15) is 165 Å². The fourth-order valence-corrected chi connectivity index (χ4v) is 11.0. The van der Waals surface area contributed by atoms with Crippen molar-refractivity contribution < 1.29 is 173 Å². The van der Waals surface area contributed by atoms with Crippen LogP contribution in [0.3, 0.4) is 0 Å². The predicted octanol–water partition coefficient (Wildman–Crippen LogP) is -14.8. The minimum atomic E-state index is -2.32. The van der Waals surface area contributed by atoms with Gasteiger partial charge in [0.15, 0.2) is 44.0 Å². The molecule has 7 aliphatic rings. The number of rotatable bonds is 21. The van der Waals surface area contributed by atoms with Crippen molar-refractivity contribution in [3.8, 4) is 0 Å². The van der Waals surface area contributed by atoms with Crippen molar-refractivity contribution in [1.82, 2.24) is 16.0 Å². The Morgan fingerprint density at radius 2 is 0.686 bits per heavy atom. The van der Waals surface area contributed by atoms with Crippen LogP contribution in [-0.4, -0.2) is 369 Å². The van der Waals surface area contributed by atoms with E-state index in [0.29, 0.717) is 0 Å². The smallest absolute Gasteiger partial charge is 0.217 e. The molecule has 0 bridgehead atoms. The number of nitrogens with one attached hydrogen (secondary N) is 3. The lowest BCUT2D eigenvalue weighted by Crippen LogP contribution is -2.71. The molecule has 0 aliphatic carbocycles. The molecule has 0 saturated carbocycles. The normalized spacial score (nSPS) is 49.4. The first-order valence-corrected chi connectivity index (χ1v) is 27.5. The number of amides is 3. The topological polar surface area (TPSA) is 592 Å². The molecular formula is C48H81N3O35. The van der Waals surface area contributed by atoms with E-state index in [1.165, 1.54) is 6.92 Å². The van der Waals surface area contributed by atoms with Crippen LogP contribution in [-0.2, 0) is 76.0 Å². The van der Waals surface area contributed by atoms with Crippen molar-refractivity contribution in [3.05, 3.63) is 0 Å². The van der Waals surface area contributed by atoms with Crippen LogP contribution in [0, 0.1) is 0 Å². The van der Waals surface area contributed by atoms with Crippen LogP contribution in [0.15, 0.2) is 0 Å². The first kappa shape index (κ1) is 70.6. The Balaban J connectivity index is 1.20. The van der Waals surface area contributed by atoms with Gasteiger partial charge >= 0.3 is 0 Å². The molecular weight excluding hydrogens is 1180 g/mol. The van der Waals surface area contributed by atoms with E-state index in [4.69, 9.17) is 61.6 Å². The maximum Gasteiger partial charge on any atom is 0.217 e. The largest absolute Gasteiger partial charge is 0.394 e. The molecule has 0 aromatic carbocycles. The minimum Gasteiger partial charge on any atom is -0.394 e. The summed E-state index contributed by atoms with van der Waals surface area (Å²) in [6.07, 6.45) is -62.3. The van der Waals surface area contributed by atoms with E-state index in [0.717, 1.165) is 20.8 Å². The highest BCUT2D eigenvalue weighted by atomic mass is 16.8. The van der Waals surface area contributed by atoms with Crippen molar-refractivity contribution in [2.75, 3.05) is 39.6 Å². The van der Waals surface area contributed by atoms with Crippen molar-refractivity contribution in [2.45, 2.75) is 242 Å². The number of ether oxygens (including phenoxy) is 13. The third-order valence-corrected chi connectivity index (χ3v) is 15.7. The zero-order valence-corrected chi connectivity index (χ0v) is 46.5. The van der Waals surface area contributed by atoms with Gasteiger partial charge in [-0.2, -0.15) is 0 Å². The summed E-state index contributed by atoms with van der Waals surface area (Å²) >= 11 is 0. The Morgan fingerprint density at radius 1 is 0.326 bits per heavy atom. The van der Waals surface area contributed by atoms with Gasteiger partial charge in [0.25, 0.3) is 0 Å². The predicted molar refractivity (Wildman–Crippen MR) is 265 cm³/mol. The molecule has 0 radical (unpaired) electrons. The third-order valence-electron chi connectivity index (χ3n) is 15.7. The van der Waals surface area contributed by atoms with E-state index in [-0.39, 0.29) is 0 Å². The second-order valence-electron chi connectivity index (χ2n) is 21.8. The molecule has 7 fully saturated rings. The number of hydrogen-bond acceptors (Lipinski definition) is 35. The van der Waals surface area contributed by atoms with Crippen LogP contribution in [0.2, 0.25) is 0 Å². The highest BCUT2D eigenvalue weighted by molar-refractivity contribution is 5.74. The summed E-state index contributed by atoms with van der Waals surface area (Å²) in [6.45, 7) is -1.67. The van der Waals surface area contributed by atoms with E-state index in [1.54, 1.807) is 0 Å². The average Bonchev–Trinajstić information content (AvgIpc) is 1.54. The molecule has 38 heteroatoms. The van der Waals surface area contributed by atoms with Gasteiger partial charge in [-0.1, -0.05) is 0 Å². The Kier molecular flexibility index (Phi) is 25.0. The lowest BCUT2D eigenvalue weighted by Gasteiger charge is -2.52. The zero-order valence-electron chi connectivity index (χ0n) is 46.5. The molecule has 7 saturated heterocycles. The van der Waals surface area contributed by atoms with Crippen LogP contribution in [0.5, 0.6) is 0 Å². The molecule has 0 spiro atoms. The number of carbonyl (C=O) groups is 3. The number of aliphatic hydroxyl groups is 19. The van der Waals surface area contributed by atoms with E-state index in [9.17, 15) is 111 Å². The van der Waals surface area contributed by atoms with E-state index in [1.807, 2.05) is 0 Å². The highest BCUT2D eigenvalue weighted by Crippen LogP contribution is 2.38. The molecule has 1 unspecified atom stereocenters. The Morgan fingerprint density at radius 3 is 1.24 bits per heavy atom. The van der Waals surface area contributed by atoms with Crippen molar-refractivity contribution >= 4 is 17.7 Å². The third kappa shape index (κ3) is 15.4. The monoisotopic (exact) mass is 1260 g/mol. The molecule has 0 aromatic rings. The van der Waals surface area contributed by atoms with Gasteiger partial charge in [-0.3, -0.25) is 14.4 Å². The average molecular weight is 1260 g/mol. The summed E-state index contributed by atoms with van der Waals surface area (Å²) in [7, 11) is 0. The molecule has 22 N–H and O–H groups in total. The molecule has 498 valence electrons. The Labute approximate surface area is 488 Å². The molecule has 7 rings (SSSR count). The first-order valence-electron chi connectivity index (χ1n) is 27.5. The van der Waals surface area contributed by atoms with Crippen molar-refractivity contribution in [3.63, 3.8) is 0 Å². The summed E-state index contributed by atoms with van der Waals surface area (Å²) in [5, 5.41) is 214. The standard InChI is InChI=1S/C48H81N3O35/c1-11-24(60)32(68)35(71)46(75-11)86-41-40(85-43-21(49-12(2)57)31(67)25(61)15(5-52)77-43)29(65)19(9-56)81-48(41)83-38-23(51-14(4)59)44(78-17(7-54)27(38)63)84-39-28(64)18(8-55)80-47(36(39)72)82-37-22(50-13(3)58)42(73)76-20(30(37)66)10-74-45-34(70)33(69)26(62)16(6-53)79-45/h11,15-48,52-56,60-73H,5-10H2,1-4H3,(H,49,57)(H,50,58)(H,51,59)/t11-,15+,16+,17+,18+,19+,20+,21+,22+,23+,24+,25-,26-,27+,28-,29-,30-,31+,32+,33-,34+,35-,36+,37+,38+,39-,40-,41+,42?,43+,44-,45+,46-,47-,48-/m0/s1. The fourth-order valence-electron chi connectivity index (χ4n) is 11.0. The molecule has 3 amide bonds. The van der Waals surface area contributed by atoms with E-state index < -0.39 is 272 Å². The zero-order chi connectivity index (χ0) is 63.5. The van der Waals surface area contributed by atoms with Crippen LogP contribution in [0.25, 0.3) is 0 Å². The quantitative estimate of drug-likeness (QED) is 0.0507. The molecule has 35 atom stereocenters. The number of aliphatic hydroxyl groups excluding tert-OH is 19. The number of hydrogen-bond donors (Lipinski definition) is 22. The van der Waals surface area contributed by atoms with Gasteiger partial charge in [0.05, 0.1) is 45.7 Å². The lowest BCUT2D eigenvalue weighted by molar-refractivity contribution is -0.400. The second kappa shape index (κ2) is 30.5. The van der Waals surface area contributed by atoms with Gasteiger partial charge in [-0.15, -0.1) is 0 Å². The molecule has 86 heavy (non-hydrogen) atoms. The highest BCUT2D eigenvalue weighted by Gasteiger charge is 2.59. The summed E-state index contributed by atoms with van der Waals surface area (Å²) < 4.78 is 76.2. The molecule has 7 heterocycles. The van der Waals surface area contributed by atoms with E-state index >= 15 is 0 Å². The van der Waals surface area contributed by atoms with Gasteiger partial charge in [0.2, 0.25) is 17.7 Å². The van der Waals surface area contributed by atoms with Gasteiger partial charge in [-0.05, 0) is 6.92 Å². The summed E-state index contributed by atoms with van der Waals surface area (Å²) in [5.41, 5.74) is 0. The molecule has 7 aliphatic heterocycles. The summed E-state index contributed by atoms with van der Waals surface area (Å²) in [5.74, 6) is -2.59. The summed E-state index contributed by atoms with van der Waals surface area (Å²) in [4.78, 5) is 38.0. The molecule has 38 nitrogen and oxygen atoms in total. The van der Waals surface area contributed by atoms with Crippen molar-refractivity contribution in [2.24, 2.45) is 0 Å². The maximum absolute atomic E-state index is 13.2. The Hall–Kier alpha value is -2.87. The van der Waals surface area contributed by atoms with Crippen LogP contribution >= 0.6 is 0 Å². The fraction of sp³-hybridized carbons (Fsp3) is 0.938. The van der Waals surface area contributed by atoms with Crippen LogP contribution in [0.1, 0.15) is 27.7 Å². The van der Waals surface area contributed by atoms with Gasteiger partial charge in [0, 0.05) is 20.8 Å². The number of carbonyl (C=O) groups excluding carboxylic acids is 3. The van der Waals surface area contributed by atoms with Crippen LogP contribution < -0.4 is 16.0 Å². The second-order valence-corrected chi connectivity index (χ2v) is 21.8. The van der Waals surface area contributed by atoms with Crippen molar-refractivity contribution in [1.29, 1.82) is 0 Å². The maximum atomic E-state index is 13.2. The minimum absolute atomic E-state index is 0.817. The Bertz CT molecular complexity index is 2170.